The minimum absolute atomic E-state index is 0.0419. The Bertz CT molecular complexity index is 339. The molecule has 1 rings (SSSR count). The summed E-state index contributed by atoms with van der Waals surface area (Å²) >= 11 is 1.44. The van der Waals surface area contributed by atoms with Crippen molar-refractivity contribution in [3.05, 3.63) is 23.5 Å². The highest BCUT2D eigenvalue weighted by Crippen LogP contribution is 2.27. The number of aldehydes is 1. The summed E-state index contributed by atoms with van der Waals surface area (Å²) in [5, 5.41) is 0. The fourth-order valence-electron chi connectivity index (χ4n) is 1.06. The van der Waals surface area contributed by atoms with Crippen LogP contribution >= 0.6 is 11.8 Å². The van der Waals surface area contributed by atoms with E-state index in [2.05, 4.69) is 0 Å². The fourth-order valence-corrected chi connectivity index (χ4v) is 1.53. The zero-order valence-corrected chi connectivity index (χ0v) is 8.86. The van der Waals surface area contributed by atoms with Gasteiger partial charge in [0, 0.05) is 4.90 Å². The van der Waals surface area contributed by atoms with Gasteiger partial charge in [0.2, 0.25) is 0 Å². The van der Waals surface area contributed by atoms with Crippen LogP contribution in [0.4, 0.5) is 4.39 Å². The molecule has 0 amide bonds. The lowest BCUT2D eigenvalue weighted by atomic mass is 10.2. The highest BCUT2D eigenvalue weighted by Gasteiger charge is 2.10. The Kier molecular flexibility index (Phi) is 3.95. The fraction of sp³-hybridized carbons (Fsp3) is 0.300. The molecule has 14 heavy (non-hydrogen) atoms. The van der Waals surface area contributed by atoms with E-state index in [-0.39, 0.29) is 11.3 Å². The van der Waals surface area contributed by atoms with E-state index in [1.165, 1.54) is 17.8 Å². The Morgan fingerprint density at radius 2 is 2.29 bits per heavy atom. The van der Waals surface area contributed by atoms with Crippen molar-refractivity contribution < 1.29 is 13.9 Å². The predicted octanol–water partition coefficient (Wildman–Crippen LogP) is 2.76. The van der Waals surface area contributed by atoms with Crippen LogP contribution in [0.3, 0.4) is 0 Å². The minimum atomic E-state index is -0.584. The monoisotopic (exact) mass is 214 g/mol. The van der Waals surface area contributed by atoms with Crippen molar-refractivity contribution in [1.82, 2.24) is 0 Å². The molecular weight excluding hydrogens is 203 g/mol. The Morgan fingerprint density at radius 3 is 2.79 bits per heavy atom. The molecule has 0 atom stereocenters. The van der Waals surface area contributed by atoms with Crippen molar-refractivity contribution in [1.29, 1.82) is 0 Å². The third-order valence-corrected chi connectivity index (χ3v) is 2.41. The number of ether oxygens (including phenoxy) is 1. The first kappa shape index (κ1) is 11.0. The predicted molar refractivity (Wildman–Crippen MR) is 54.7 cm³/mol. The lowest BCUT2D eigenvalue weighted by Gasteiger charge is -2.07. The van der Waals surface area contributed by atoms with Gasteiger partial charge in [-0.25, -0.2) is 4.39 Å². The van der Waals surface area contributed by atoms with Gasteiger partial charge in [-0.1, -0.05) is 0 Å². The van der Waals surface area contributed by atoms with Gasteiger partial charge in [0.15, 0.2) is 17.9 Å². The summed E-state index contributed by atoms with van der Waals surface area (Å²) in [6.07, 6.45) is 2.36. The third-order valence-electron chi connectivity index (χ3n) is 1.70. The maximum absolute atomic E-state index is 13.4. The van der Waals surface area contributed by atoms with Crippen LogP contribution in [0.15, 0.2) is 17.0 Å². The molecule has 0 aliphatic carbocycles. The van der Waals surface area contributed by atoms with E-state index >= 15 is 0 Å². The molecule has 1 aromatic rings. The highest BCUT2D eigenvalue weighted by molar-refractivity contribution is 7.98. The Balaban J connectivity index is 3.19. The van der Waals surface area contributed by atoms with Crippen LogP contribution in [0, 0.1) is 5.82 Å². The van der Waals surface area contributed by atoms with Gasteiger partial charge in [-0.3, -0.25) is 4.79 Å². The third kappa shape index (κ3) is 2.26. The van der Waals surface area contributed by atoms with Crippen LogP contribution < -0.4 is 4.74 Å². The smallest absolute Gasteiger partial charge is 0.175 e. The van der Waals surface area contributed by atoms with E-state index < -0.39 is 5.82 Å². The molecule has 0 N–H and O–H groups in total. The largest absolute Gasteiger partial charge is 0.491 e. The van der Waals surface area contributed by atoms with Crippen LogP contribution in [-0.4, -0.2) is 19.1 Å². The summed E-state index contributed by atoms with van der Waals surface area (Å²) < 4.78 is 18.5. The second-order valence-corrected chi connectivity index (χ2v) is 3.46. The topological polar surface area (TPSA) is 26.3 Å². The quantitative estimate of drug-likeness (QED) is 0.569. The summed E-state index contributed by atoms with van der Waals surface area (Å²) in [7, 11) is 0. The first-order valence-electron chi connectivity index (χ1n) is 4.18. The van der Waals surface area contributed by atoms with Crippen LogP contribution in [0.5, 0.6) is 5.75 Å². The molecule has 2 nitrogen and oxygen atoms in total. The number of hydrogen-bond acceptors (Lipinski definition) is 3. The van der Waals surface area contributed by atoms with E-state index in [0.717, 1.165) is 4.90 Å². The number of carbonyl (C=O) groups excluding carboxylic acids is 1. The average Bonchev–Trinajstić information content (AvgIpc) is 2.21. The molecule has 0 aliphatic heterocycles. The lowest BCUT2D eigenvalue weighted by molar-refractivity contribution is 0.111. The zero-order chi connectivity index (χ0) is 10.6. The second-order valence-electron chi connectivity index (χ2n) is 2.58. The molecule has 0 radical (unpaired) electrons. The molecule has 0 bridgehead atoms. The molecule has 0 aliphatic rings. The number of benzene rings is 1. The number of thioether (sulfide) groups is 1. The first-order valence-corrected chi connectivity index (χ1v) is 5.41. The Labute approximate surface area is 86.5 Å². The maximum Gasteiger partial charge on any atom is 0.175 e. The molecule has 0 fully saturated rings. The summed E-state index contributed by atoms with van der Waals surface area (Å²) in [5.41, 5.74) is 0.0419. The van der Waals surface area contributed by atoms with Gasteiger partial charge >= 0.3 is 0 Å². The standard InChI is InChI=1S/C10H11FO2S/c1-3-13-9-5-8(14-2)4-7(6-12)10(9)11/h4-6H,3H2,1-2H3. The number of hydrogen-bond donors (Lipinski definition) is 0. The van der Waals surface area contributed by atoms with Gasteiger partial charge in [0.05, 0.1) is 12.2 Å². The normalized spacial score (nSPS) is 9.93. The summed E-state index contributed by atoms with van der Waals surface area (Å²) in [5.74, 6) is -0.443. The highest BCUT2D eigenvalue weighted by atomic mass is 32.2. The molecule has 4 heteroatoms. The van der Waals surface area contributed by atoms with E-state index in [9.17, 15) is 9.18 Å². The summed E-state index contributed by atoms with van der Waals surface area (Å²) in [4.78, 5) is 11.4. The van der Waals surface area contributed by atoms with Crippen molar-refractivity contribution in [3.8, 4) is 5.75 Å². The SMILES string of the molecule is CCOc1cc(SC)cc(C=O)c1F. The van der Waals surface area contributed by atoms with Gasteiger partial charge < -0.3 is 4.74 Å². The second kappa shape index (κ2) is 5.00. The maximum atomic E-state index is 13.4. The van der Waals surface area contributed by atoms with Crippen LogP contribution in [0.1, 0.15) is 17.3 Å². The Hall–Kier alpha value is -1.03. The molecule has 0 aromatic heterocycles. The van der Waals surface area contributed by atoms with Gasteiger partial charge in [-0.05, 0) is 25.3 Å². The Morgan fingerprint density at radius 1 is 1.57 bits per heavy atom. The molecule has 1 aromatic carbocycles. The van der Waals surface area contributed by atoms with Gasteiger partial charge in [0.1, 0.15) is 0 Å². The first-order chi connectivity index (χ1) is 6.72. The molecule has 0 unspecified atom stereocenters. The molecule has 0 saturated carbocycles. The summed E-state index contributed by atoms with van der Waals surface area (Å²) in [6.45, 7) is 2.15. The van der Waals surface area contributed by atoms with Crippen LogP contribution in [-0.2, 0) is 0 Å². The van der Waals surface area contributed by atoms with Crippen molar-refractivity contribution in [2.45, 2.75) is 11.8 Å². The van der Waals surface area contributed by atoms with Crippen molar-refractivity contribution >= 4 is 18.0 Å². The zero-order valence-electron chi connectivity index (χ0n) is 8.04. The van der Waals surface area contributed by atoms with E-state index in [4.69, 9.17) is 4.74 Å². The summed E-state index contributed by atoms with van der Waals surface area (Å²) in [6, 6.07) is 3.10. The van der Waals surface area contributed by atoms with E-state index in [1.54, 1.807) is 13.0 Å². The molecule has 0 spiro atoms. The van der Waals surface area contributed by atoms with Crippen molar-refractivity contribution in [2.75, 3.05) is 12.9 Å². The molecule has 0 heterocycles. The van der Waals surface area contributed by atoms with Crippen LogP contribution in [0.2, 0.25) is 0 Å². The van der Waals surface area contributed by atoms with E-state index in [0.29, 0.717) is 12.9 Å². The van der Waals surface area contributed by atoms with Crippen molar-refractivity contribution in [3.63, 3.8) is 0 Å². The number of rotatable bonds is 4. The van der Waals surface area contributed by atoms with Crippen molar-refractivity contribution in [2.24, 2.45) is 0 Å². The minimum Gasteiger partial charge on any atom is -0.491 e. The van der Waals surface area contributed by atoms with E-state index in [1.807, 2.05) is 6.26 Å². The number of halogens is 1. The average molecular weight is 214 g/mol. The van der Waals surface area contributed by atoms with Gasteiger partial charge in [-0.2, -0.15) is 0 Å². The molecular formula is C10H11FO2S. The molecule has 0 saturated heterocycles. The van der Waals surface area contributed by atoms with Gasteiger partial charge in [0.25, 0.3) is 0 Å². The van der Waals surface area contributed by atoms with Crippen LogP contribution in [0.25, 0.3) is 0 Å². The molecule has 76 valence electrons. The lowest BCUT2D eigenvalue weighted by Crippen LogP contribution is -1.98. The number of carbonyl (C=O) groups is 1. The van der Waals surface area contributed by atoms with Gasteiger partial charge in [-0.15, -0.1) is 11.8 Å².